The largest absolute Gasteiger partial charge is 0.493 e. The smallest absolute Gasteiger partial charge is 0.122 e. The highest BCUT2D eigenvalue weighted by atomic mass is 16.5. The second-order valence-corrected chi connectivity index (χ2v) is 5.35. The maximum absolute atomic E-state index is 5.75. The van der Waals surface area contributed by atoms with Crippen molar-refractivity contribution >= 4 is 0 Å². The molecule has 112 valence electrons. The molecule has 1 aliphatic heterocycles. The summed E-state index contributed by atoms with van der Waals surface area (Å²) in [6.07, 6.45) is 3.37. The number of rotatable bonds is 8. The molecule has 1 heterocycles. The van der Waals surface area contributed by atoms with Crippen LogP contribution in [0.5, 0.6) is 5.75 Å². The molecule has 2 unspecified atom stereocenters. The highest BCUT2D eigenvalue weighted by Crippen LogP contribution is 2.36. The fourth-order valence-corrected chi connectivity index (χ4v) is 2.97. The first-order valence-electron chi connectivity index (χ1n) is 7.88. The van der Waals surface area contributed by atoms with Crippen LogP contribution in [-0.4, -0.2) is 32.4 Å². The minimum Gasteiger partial charge on any atom is -0.493 e. The third kappa shape index (κ3) is 4.22. The van der Waals surface area contributed by atoms with Crippen molar-refractivity contribution in [1.29, 1.82) is 0 Å². The van der Waals surface area contributed by atoms with Crippen molar-refractivity contribution < 1.29 is 9.47 Å². The standard InChI is InChI=1S/C17H27NO2/c1-3-18-15(10-11-19-4-2)13-14-9-12-20-17-8-6-5-7-16(14)17/h5-8,14-15,18H,3-4,9-13H2,1-2H3. The van der Waals surface area contributed by atoms with Gasteiger partial charge in [-0.05, 0) is 50.3 Å². The summed E-state index contributed by atoms with van der Waals surface area (Å²) >= 11 is 0. The molecular weight excluding hydrogens is 250 g/mol. The van der Waals surface area contributed by atoms with Gasteiger partial charge in [-0.15, -0.1) is 0 Å². The topological polar surface area (TPSA) is 30.5 Å². The van der Waals surface area contributed by atoms with E-state index in [9.17, 15) is 0 Å². The van der Waals surface area contributed by atoms with E-state index in [1.807, 2.05) is 0 Å². The van der Waals surface area contributed by atoms with Gasteiger partial charge in [0.1, 0.15) is 5.75 Å². The fourth-order valence-electron chi connectivity index (χ4n) is 2.97. The van der Waals surface area contributed by atoms with E-state index in [0.717, 1.165) is 45.0 Å². The molecule has 0 saturated carbocycles. The second kappa shape index (κ2) is 8.28. The van der Waals surface area contributed by atoms with Crippen LogP contribution in [-0.2, 0) is 4.74 Å². The van der Waals surface area contributed by atoms with Crippen LogP contribution in [0, 0.1) is 0 Å². The second-order valence-electron chi connectivity index (χ2n) is 5.35. The molecular formula is C17H27NO2. The molecule has 0 bridgehead atoms. The SMILES string of the molecule is CCNC(CCOCC)CC1CCOc2ccccc21. The molecule has 1 N–H and O–H groups in total. The van der Waals surface area contributed by atoms with Gasteiger partial charge in [-0.3, -0.25) is 0 Å². The summed E-state index contributed by atoms with van der Waals surface area (Å²) in [7, 11) is 0. The minimum absolute atomic E-state index is 0.530. The molecule has 1 aliphatic rings. The molecule has 1 aromatic rings. The zero-order chi connectivity index (χ0) is 14.2. The zero-order valence-electron chi connectivity index (χ0n) is 12.7. The first kappa shape index (κ1) is 15.3. The number of hydrogen-bond acceptors (Lipinski definition) is 3. The molecule has 0 fully saturated rings. The summed E-state index contributed by atoms with van der Waals surface area (Å²) in [5, 5.41) is 3.60. The lowest BCUT2D eigenvalue weighted by Crippen LogP contribution is -2.33. The summed E-state index contributed by atoms with van der Waals surface area (Å²) in [5.41, 5.74) is 1.37. The van der Waals surface area contributed by atoms with Gasteiger partial charge in [-0.2, -0.15) is 0 Å². The maximum atomic E-state index is 5.75. The summed E-state index contributed by atoms with van der Waals surface area (Å²) in [5.74, 6) is 1.68. The van der Waals surface area contributed by atoms with Gasteiger partial charge in [-0.25, -0.2) is 0 Å². The number of fused-ring (bicyclic) bond motifs is 1. The van der Waals surface area contributed by atoms with Gasteiger partial charge in [-0.1, -0.05) is 25.1 Å². The Labute approximate surface area is 122 Å². The number of nitrogens with one attached hydrogen (secondary N) is 1. The fraction of sp³-hybridized carbons (Fsp3) is 0.647. The predicted octanol–water partition coefficient (Wildman–Crippen LogP) is 3.35. The van der Waals surface area contributed by atoms with Crippen LogP contribution in [0.15, 0.2) is 24.3 Å². The summed E-state index contributed by atoms with van der Waals surface area (Å²) in [6, 6.07) is 9.00. The maximum Gasteiger partial charge on any atom is 0.122 e. The average Bonchev–Trinajstić information content (AvgIpc) is 2.48. The van der Waals surface area contributed by atoms with E-state index in [0.29, 0.717) is 12.0 Å². The first-order chi connectivity index (χ1) is 9.85. The lowest BCUT2D eigenvalue weighted by molar-refractivity contribution is 0.133. The molecule has 0 saturated heterocycles. The number of hydrogen-bond donors (Lipinski definition) is 1. The van der Waals surface area contributed by atoms with Gasteiger partial charge in [0.25, 0.3) is 0 Å². The summed E-state index contributed by atoms with van der Waals surface area (Å²) < 4.78 is 11.3. The van der Waals surface area contributed by atoms with E-state index < -0.39 is 0 Å². The van der Waals surface area contributed by atoms with Gasteiger partial charge >= 0.3 is 0 Å². The van der Waals surface area contributed by atoms with Gasteiger partial charge < -0.3 is 14.8 Å². The Hall–Kier alpha value is -1.06. The van der Waals surface area contributed by atoms with E-state index in [4.69, 9.17) is 9.47 Å². The Balaban J connectivity index is 1.96. The zero-order valence-corrected chi connectivity index (χ0v) is 12.7. The summed E-state index contributed by atoms with van der Waals surface area (Å²) in [6.45, 7) is 7.73. The number of ether oxygens (including phenoxy) is 2. The van der Waals surface area contributed by atoms with Crippen LogP contribution < -0.4 is 10.1 Å². The third-order valence-electron chi connectivity index (χ3n) is 3.96. The molecule has 3 nitrogen and oxygen atoms in total. The van der Waals surface area contributed by atoms with E-state index in [1.54, 1.807) is 0 Å². The van der Waals surface area contributed by atoms with Crippen LogP contribution in [0.4, 0.5) is 0 Å². The molecule has 0 amide bonds. The van der Waals surface area contributed by atoms with Crippen molar-refractivity contribution in [2.45, 2.75) is 45.1 Å². The van der Waals surface area contributed by atoms with E-state index in [1.165, 1.54) is 12.0 Å². The van der Waals surface area contributed by atoms with Crippen LogP contribution in [0.1, 0.15) is 44.6 Å². The average molecular weight is 277 g/mol. The van der Waals surface area contributed by atoms with Crippen molar-refractivity contribution in [3.8, 4) is 5.75 Å². The highest BCUT2D eigenvalue weighted by molar-refractivity contribution is 5.37. The lowest BCUT2D eigenvalue weighted by Gasteiger charge is -2.29. The highest BCUT2D eigenvalue weighted by Gasteiger charge is 2.23. The van der Waals surface area contributed by atoms with Gasteiger partial charge in [0.05, 0.1) is 6.61 Å². The van der Waals surface area contributed by atoms with Crippen LogP contribution >= 0.6 is 0 Å². The molecule has 3 heteroatoms. The molecule has 0 aliphatic carbocycles. The van der Waals surface area contributed by atoms with E-state index in [-0.39, 0.29) is 0 Å². The summed E-state index contributed by atoms with van der Waals surface area (Å²) in [4.78, 5) is 0. The molecule has 2 rings (SSSR count). The number of para-hydroxylation sites is 1. The Morgan fingerprint density at radius 2 is 2.20 bits per heavy atom. The van der Waals surface area contributed by atoms with Crippen molar-refractivity contribution in [2.24, 2.45) is 0 Å². The van der Waals surface area contributed by atoms with Crippen molar-refractivity contribution in [1.82, 2.24) is 5.32 Å². The van der Waals surface area contributed by atoms with E-state index in [2.05, 4.69) is 43.4 Å². The normalized spacial score (nSPS) is 19.2. The third-order valence-corrected chi connectivity index (χ3v) is 3.96. The van der Waals surface area contributed by atoms with Gasteiger partial charge in [0.15, 0.2) is 0 Å². The molecule has 0 spiro atoms. The molecule has 20 heavy (non-hydrogen) atoms. The van der Waals surface area contributed by atoms with Crippen molar-refractivity contribution in [3.63, 3.8) is 0 Å². The molecule has 2 atom stereocenters. The Bertz CT molecular complexity index is 394. The van der Waals surface area contributed by atoms with Crippen LogP contribution in [0.25, 0.3) is 0 Å². The predicted molar refractivity (Wildman–Crippen MR) is 82.5 cm³/mol. The quantitative estimate of drug-likeness (QED) is 0.739. The van der Waals surface area contributed by atoms with Crippen LogP contribution in [0.2, 0.25) is 0 Å². The molecule has 0 aromatic heterocycles. The van der Waals surface area contributed by atoms with Crippen molar-refractivity contribution in [2.75, 3.05) is 26.4 Å². The first-order valence-corrected chi connectivity index (χ1v) is 7.88. The number of benzene rings is 1. The van der Waals surface area contributed by atoms with Gasteiger partial charge in [0.2, 0.25) is 0 Å². The molecule has 1 aromatic carbocycles. The Kier molecular flexibility index (Phi) is 6.34. The monoisotopic (exact) mass is 277 g/mol. The van der Waals surface area contributed by atoms with Gasteiger partial charge in [0, 0.05) is 19.3 Å². The Morgan fingerprint density at radius 3 is 3.00 bits per heavy atom. The molecule has 0 radical (unpaired) electrons. The van der Waals surface area contributed by atoms with Crippen LogP contribution in [0.3, 0.4) is 0 Å². The van der Waals surface area contributed by atoms with E-state index >= 15 is 0 Å². The minimum atomic E-state index is 0.530. The Morgan fingerprint density at radius 1 is 1.35 bits per heavy atom. The van der Waals surface area contributed by atoms with Crippen molar-refractivity contribution in [3.05, 3.63) is 29.8 Å². The lowest BCUT2D eigenvalue weighted by atomic mass is 9.86.